The molecule has 6 nitrogen and oxygen atoms in total. The quantitative estimate of drug-likeness (QED) is 0.347. The molecule has 0 aromatic carbocycles. The maximum absolute atomic E-state index is 5.93. The van der Waals surface area contributed by atoms with E-state index in [-0.39, 0.29) is 0 Å². The third-order valence-corrected chi connectivity index (χ3v) is 6.43. The maximum Gasteiger partial charge on any atom is 0.226 e. The molecule has 5 N–H and O–H groups in total. The number of nitrogen functional groups attached to an aromatic ring is 1. The van der Waals surface area contributed by atoms with E-state index in [1.54, 1.807) is 6.07 Å². The van der Waals surface area contributed by atoms with Gasteiger partial charge in [0, 0.05) is 18.7 Å². The van der Waals surface area contributed by atoms with Crippen molar-refractivity contribution in [3.8, 4) is 0 Å². The number of hydrogen-bond acceptors (Lipinski definition) is 6. The second-order valence-corrected chi connectivity index (χ2v) is 8.94. The summed E-state index contributed by atoms with van der Waals surface area (Å²) in [5.41, 5.74) is 5.71. The Morgan fingerprint density at radius 3 is 2.36 bits per heavy atom. The molecule has 2 fully saturated rings. The number of halogens is 1. The third kappa shape index (κ3) is 7.72. The van der Waals surface area contributed by atoms with Gasteiger partial charge in [0.05, 0.1) is 0 Å². The molecule has 0 unspecified atom stereocenters. The van der Waals surface area contributed by atoms with Crippen LogP contribution in [-0.4, -0.2) is 42.2 Å². The van der Waals surface area contributed by atoms with Crippen molar-refractivity contribution in [2.24, 2.45) is 11.8 Å². The first-order valence-corrected chi connectivity index (χ1v) is 11.5. The van der Waals surface area contributed by atoms with Crippen molar-refractivity contribution in [3.05, 3.63) is 11.2 Å². The van der Waals surface area contributed by atoms with Gasteiger partial charge < -0.3 is 21.7 Å². The molecule has 1 aromatic heterocycles. The zero-order valence-corrected chi connectivity index (χ0v) is 17.8. The fourth-order valence-electron chi connectivity index (χ4n) is 4.52. The van der Waals surface area contributed by atoms with E-state index < -0.39 is 0 Å². The van der Waals surface area contributed by atoms with E-state index in [9.17, 15) is 0 Å². The molecule has 0 radical (unpaired) electrons. The summed E-state index contributed by atoms with van der Waals surface area (Å²) >= 11 is 5.93. The first-order valence-electron chi connectivity index (χ1n) is 11.2. The van der Waals surface area contributed by atoms with Gasteiger partial charge in [0.25, 0.3) is 0 Å². The zero-order chi connectivity index (χ0) is 19.6. The van der Waals surface area contributed by atoms with Gasteiger partial charge in [-0.3, -0.25) is 0 Å². The minimum absolute atomic E-state index is 0.388. The SMILES string of the molecule is Nc1cc(Cl)nc(NC[C@H]2CC[C@H](CNCCCNC3CCCCC3)CC2)n1. The van der Waals surface area contributed by atoms with Crippen LogP contribution in [0.1, 0.15) is 64.2 Å². The lowest BCUT2D eigenvalue weighted by Crippen LogP contribution is -2.34. The Kier molecular flexibility index (Phi) is 9.09. The second kappa shape index (κ2) is 11.8. The molecule has 2 aliphatic rings. The minimum Gasteiger partial charge on any atom is -0.383 e. The molecular formula is C21H37ClN6. The Bertz CT molecular complexity index is 550. The Morgan fingerprint density at radius 1 is 0.929 bits per heavy atom. The standard InChI is InChI=1S/C21H37ClN6/c22-19-13-20(23)28-21(27-19)26-15-17-9-7-16(8-10-17)14-24-11-4-12-25-18-5-2-1-3-6-18/h13,16-18,24-25H,1-12,14-15H2,(H3,23,26,27,28)/t16-,17-. The number of rotatable bonds is 10. The normalized spacial score (nSPS) is 23.6. The lowest BCUT2D eigenvalue weighted by atomic mass is 9.82. The second-order valence-electron chi connectivity index (χ2n) is 8.55. The Hall–Kier alpha value is -1.11. The fourth-order valence-corrected chi connectivity index (χ4v) is 4.71. The molecule has 2 aliphatic carbocycles. The van der Waals surface area contributed by atoms with Crippen LogP contribution in [0.2, 0.25) is 5.15 Å². The lowest BCUT2D eigenvalue weighted by molar-refractivity contribution is 0.275. The van der Waals surface area contributed by atoms with Crippen LogP contribution in [0, 0.1) is 11.8 Å². The van der Waals surface area contributed by atoms with Gasteiger partial charge in [-0.05, 0) is 76.4 Å². The van der Waals surface area contributed by atoms with Gasteiger partial charge in [-0.15, -0.1) is 0 Å². The first kappa shape index (κ1) is 21.6. The molecule has 1 heterocycles. The zero-order valence-electron chi connectivity index (χ0n) is 17.1. The number of hydrogen-bond donors (Lipinski definition) is 4. The summed E-state index contributed by atoms with van der Waals surface area (Å²) < 4.78 is 0. The van der Waals surface area contributed by atoms with E-state index in [2.05, 4.69) is 25.9 Å². The van der Waals surface area contributed by atoms with Crippen molar-refractivity contribution in [1.29, 1.82) is 0 Å². The van der Waals surface area contributed by atoms with Crippen LogP contribution in [0.3, 0.4) is 0 Å². The van der Waals surface area contributed by atoms with Crippen molar-refractivity contribution in [3.63, 3.8) is 0 Å². The minimum atomic E-state index is 0.388. The highest BCUT2D eigenvalue weighted by molar-refractivity contribution is 6.29. The summed E-state index contributed by atoms with van der Waals surface area (Å²) in [6.07, 6.45) is 13.4. The molecule has 3 rings (SSSR count). The molecule has 0 aliphatic heterocycles. The van der Waals surface area contributed by atoms with Gasteiger partial charge in [-0.1, -0.05) is 30.9 Å². The van der Waals surface area contributed by atoms with E-state index in [1.165, 1.54) is 64.2 Å². The summed E-state index contributed by atoms with van der Waals surface area (Å²) in [7, 11) is 0. The van der Waals surface area contributed by atoms with Crippen LogP contribution < -0.4 is 21.7 Å². The van der Waals surface area contributed by atoms with Crippen molar-refractivity contribution >= 4 is 23.4 Å². The number of aromatic nitrogens is 2. The van der Waals surface area contributed by atoms with E-state index in [0.29, 0.717) is 22.8 Å². The summed E-state index contributed by atoms with van der Waals surface area (Å²) in [6, 6.07) is 2.35. The van der Waals surface area contributed by atoms with E-state index in [0.717, 1.165) is 38.1 Å². The van der Waals surface area contributed by atoms with Crippen molar-refractivity contribution in [1.82, 2.24) is 20.6 Å². The van der Waals surface area contributed by atoms with Crippen LogP contribution in [0.4, 0.5) is 11.8 Å². The average Bonchev–Trinajstić information content (AvgIpc) is 2.70. The number of anilines is 2. The topological polar surface area (TPSA) is 87.9 Å². The van der Waals surface area contributed by atoms with Crippen LogP contribution in [-0.2, 0) is 0 Å². The van der Waals surface area contributed by atoms with Gasteiger partial charge in [-0.25, -0.2) is 4.98 Å². The number of nitrogens with one attached hydrogen (secondary N) is 3. The van der Waals surface area contributed by atoms with Gasteiger partial charge in [0.2, 0.25) is 5.95 Å². The predicted octanol–water partition coefficient (Wildman–Crippen LogP) is 3.83. The molecule has 158 valence electrons. The Labute approximate surface area is 174 Å². The molecule has 0 spiro atoms. The molecule has 0 bridgehead atoms. The highest BCUT2D eigenvalue weighted by Gasteiger charge is 2.21. The van der Waals surface area contributed by atoms with Crippen LogP contribution >= 0.6 is 11.6 Å². The fraction of sp³-hybridized carbons (Fsp3) is 0.810. The van der Waals surface area contributed by atoms with Crippen molar-refractivity contribution in [2.75, 3.05) is 37.2 Å². The summed E-state index contributed by atoms with van der Waals surface area (Å²) in [4.78, 5) is 8.36. The lowest BCUT2D eigenvalue weighted by Gasteiger charge is -2.29. The third-order valence-electron chi connectivity index (χ3n) is 6.23. The predicted molar refractivity (Wildman–Crippen MR) is 118 cm³/mol. The molecule has 1 aromatic rings. The first-order chi connectivity index (χ1) is 13.7. The van der Waals surface area contributed by atoms with Crippen LogP contribution in [0.5, 0.6) is 0 Å². The summed E-state index contributed by atoms with van der Waals surface area (Å²) in [6.45, 7) is 4.35. The van der Waals surface area contributed by atoms with Crippen molar-refractivity contribution in [2.45, 2.75) is 70.3 Å². The van der Waals surface area contributed by atoms with Gasteiger partial charge >= 0.3 is 0 Å². The average molecular weight is 409 g/mol. The summed E-state index contributed by atoms with van der Waals surface area (Å²) in [5.74, 6) is 2.45. The van der Waals surface area contributed by atoms with Gasteiger partial charge in [0.1, 0.15) is 11.0 Å². The molecule has 7 heteroatoms. The molecule has 2 saturated carbocycles. The van der Waals surface area contributed by atoms with E-state index >= 15 is 0 Å². The molecule has 0 atom stereocenters. The van der Waals surface area contributed by atoms with Crippen molar-refractivity contribution < 1.29 is 0 Å². The molecule has 0 amide bonds. The summed E-state index contributed by atoms with van der Waals surface area (Å²) in [5, 5.41) is 11.1. The number of nitrogens with two attached hydrogens (primary N) is 1. The highest BCUT2D eigenvalue weighted by Crippen LogP contribution is 2.28. The van der Waals surface area contributed by atoms with Crippen LogP contribution in [0.15, 0.2) is 6.07 Å². The highest BCUT2D eigenvalue weighted by atomic mass is 35.5. The van der Waals surface area contributed by atoms with Gasteiger partial charge in [0.15, 0.2) is 0 Å². The number of nitrogens with zero attached hydrogens (tertiary/aromatic N) is 2. The van der Waals surface area contributed by atoms with E-state index in [1.807, 2.05) is 0 Å². The Balaban J connectivity index is 1.20. The van der Waals surface area contributed by atoms with E-state index in [4.69, 9.17) is 17.3 Å². The van der Waals surface area contributed by atoms with Crippen LogP contribution in [0.25, 0.3) is 0 Å². The molecule has 28 heavy (non-hydrogen) atoms. The maximum atomic E-state index is 5.93. The molecular weight excluding hydrogens is 372 g/mol. The monoisotopic (exact) mass is 408 g/mol. The smallest absolute Gasteiger partial charge is 0.226 e. The Morgan fingerprint density at radius 2 is 1.64 bits per heavy atom. The molecule has 0 saturated heterocycles. The largest absolute Gasteiger partial charge is 0.383 e. The van der Waals surface area contributed by atoms with Gasteiger partial charge in [-0.2, -0.15) is 4.98 Å².